The maximum absolute atomic E-state index is 9.40. The van der Waals surface area contributed by atoms with Crippen LogP contribution in [0.3, 0.4) is 0 Å². The van der Waals surface area contributed by atoms with Gasteiger partial charge in [-0.3, -0.25) is 4.79 Å². The highest BCUT2D eigenvalue weighted by atomic mass is 16.3. The fraction of sp³-hybridized carbons (Fsp3) is 0.786. The minimum absolute atomic E-state index is 0.0116. The SMILES string of the molecule is C=CCNC=O.CC.CC(O)C(N)CC1CC1.CO. The van der Waals surface area contributed by atoms with Crippen LogP contribution in [0.4, 0.5) is 0 Å². The molecule has 0 aromatic rings. The number of hydrogen-bond acceptors (Lipinski definition) is 4. The van der Waals surface area contributed by atoms with E-state index in [-0.39, 0.29) is 12.1 Å². The summed E-state index contributed by atoms with van der Waals surface area (Å²) in [4.78, 5) is 9.40. The van der Waals surface area contributed by atoms with Gasteiger partial charge in [-0.05, 0) is 19.3 Å². The highest BCUT2D eigenvalue weighted by Gasteiger charge is 2.25. The van der Waals surface area contributed by atoms with E-state index in [4.69, 9.17) is 15.9 Å². The summed E-state index contributed by atoms with van der Waals surface area (Å²) in [6.45, 7) is 9.69. The third kappa shape index (κ3) is 22.7. The Morgan fingerprint density at radius 3 is 2.11 bits per heavy atom. The number of carbonyl (C=O) groups is 1. The highest BCUT2D eigenvalue weighted by Crippen LogP contribution is 2.33. The van der Waals surface area contributed by atoms with Crippen molar-refractivity contribution >= 4 is 6.41 Å². The molecule has 1 fully saturated rings. The van der Waals surface area contributed by atoms with Gasteiger partial charge in [-0.2, -0.15) is 0 Å². The van der Waals surface area contributed by atoms with E-state index in [1.54, 1.807) is 13.0 Å². The van der Waals surface area contributed by atoms with Crippen molar-refractivity contribution in [1.29, 1.82) is 0 Å². The molecule has 0 aliphatic heterocycles. The predicted molar refractivity (Wildman–Crippen MR) is 80.8 cm³/mol. The van der Waals surface area contributed by atoms with E-state index in [1.165, 1.54) is 12.8 Å². The van der Waals surface area contributed by atoms with Gasteiger partial charge in [-0.25, -0.2) is 0 Å². The van der Waals surface area contributed by atoms with Crippen LogP contribution in [0.5, 0.6) is 0 Å². The van der Waals surface area contributed by atoms with Crippen molar-refractivity contribution < 1.29 is 15.0 Å². The van der Waals surface area contributed by atoms with Gasteiger partial charge in [0.05, 0.1) is 6.10 Å². The monoisotopic (exact) mass is 276 g/mol. The number of amides is 1. The van der Waals surface area contributed by atoms with Gasteiger partial charge in [0.2, 0.25) is 6.41 Å². The van der Waals surface area contributed by atoms with Crippen molar-refractivity contribution in [2.75, 3.05) is 13.7 Å². The topological polar surface area (TPSA) is 95.6 Å². The molecule has 1 saturated carbocycles. The fourth-order valence-electron chi connectivity index (χ4n) is 1.07. The lowest BCUT2D eigenvalue weighted by atomic mass is 10.1. The van der Waals surface area contributed by atoms with Crippen molar-refractivity contribution in [2.24, 2.45) is 11.7 Å². The smallest absolute Gasteiger partial charge is 0.207 e. The van der Waals surface area contributed by atoms with E-state index in [0.717, 1.165) is 19.4 Å². The fourth-order valence-corrected chi connectivity index (χ4v) is 1.07. The van der Waals surface area contributed by atoms with E-state index < -0.39 is 0 Å². The second-order valence-electron chi connectivity index (χ2n) is 3.90. The largest absolute Gasteiger partial charge is 0.400 e. The first-order valence-electron chi connectivity index (χ1n) is 6.78. The molecule has 0 spiro atoms. The van der Waals surface area contributed by atoms with Crippen molar-refractivity contribution in [3.8, 4) is 0 Å². The van der Waals surface area contributed by atoms with E-state index in [1.807, 2.05) is 13.8 Å². The van der Waals surface area contributed by atoms with Crippen molar-refractivity contribution in [1.82, 2.24) is 5.32 Å². The molecule has 0 radical (unpaired) electrons. The Balaban J connectivity index is -0.000000224. The molecule has 5 N–H and O–H groups in total. The van der Waals surface area contributed by atoms with Crippen LogP contribution in [0.15, 0.2) is 12.7 Å². The Bertz CT molecular complexity index is 176. The number of hydrogen-bond donors (Lipinski definition) is 4. The maximum Gasteiger partial charge on any atom is 0.207 e. The standard InChI is InChI=1S/C7H15NO.C4H7NO.C2H6.CH4O/c1-5(9)7(8)4-6-2-3-6;1-2-3-5-4-6;2*1-2/h5-7,9H,2-4,8H2,1H3;2,4H,1,3H2,(H,5,6);1-2H3;2H,1H3. The van der Waals surface area contributed by atoms with Crippen molar-refractivity contribution in [3.63, 3.8) is 0 Å². The molecular weight excluding hydrogens is 244 g/mol. The first-order chi connectivity index (χ1) is 9.11. The second-order valence-corrected chi connectivity index (χ2v) is 3.90. The average Bonchev–Trinajstić information content (AvgIpc) is 3.25. The molecular formula is C14H32N2O3. The summed E-state index contributed by atoms with van der Waals surface area (Å²) < 4.78 is 0. The van der Waals surface area contributed by atoms with Crippen LogP contribution < -0.4 is 11.1 Å². The van der Waals surface area contributed by atoms with E-state index in [0.29, 0.717) is 13.0 Å². The molecule has 2 atom stereocenters. The summed E-state index contributed by atoms with van der Waals surface area (Å²) in [6.07, 6.45) is 5.58. The zero-order valence-corrected chi connectivity index (χ0v) is 12.8. The molecule has 1 rings (SSSR count). The van der Waals surface area contributed by atoms with E-state index in [9.17, 15) is 4.79 Å². The molecule has 5 nitrogen and oxygen atoms in total. The molecule has 0 heterocycles. The molecule has 2 unspecified atom stereocenters. The number of nitrogens with two attached hydrogens (primary N) is 1. The van der Waals surface area contributed by atoms with Gasteiger partial charge < -0.3 is 21.3 Å². The molecule has 1 aliphatic carbocycles. The zero-order chi connectivity index (χ0) is 15.7. The van der Waals surface area contributed by atoms with Gasteiger partial charge in [0.25, 0.3) is 0 Å². The minimum atomic E-state index is -0.328. The molecule has 1 aliphatic rings. The third-order valence-corrected chi connectivity index (χ3v) is 2.27. The van der Waals surface area contributed by atoms with Gasteiger partial charge in [0.1, 0.15) is 0 Å². The minimum Gasteiger partial charge on any atom is -0.400 e. The Hall–Kier alpha value is -0.910. The molecule has 0 saturated heterocycles. The molecule has 0 aromatic heterocycles. The lowest BCUT2D eigenvalue weighted by molar-refractivity contribution is -0.109. The first-order valence-corrected chi connectivity index (χ1v) is 6.78. The molecule has 19 heavy (non-hydrogen) atoms. The quantitative estimate of drug-likeness (QED) is 0.331. The highest BCUT2D eigenvalue weighted by molar-refractivity contribution is 5.46. The molecule has 116 valence electrons. The number of carbonyl (C=O) groups excluding carboxylic acids is 1. The lowest BCUT2D eigenvalue weighted by Crippen LogP contribution is -2.32. The molecule has 0 aromatic carbocycles. The van der Waals surface area contributed by atoms with Crippen LogP contribution in [0.25, 0.3) is 0 Å². The summed E-state index contributed by atoms with van der Waals surface area (Å²) >= 11 is 0. The summed E-state index contributed by atoms with van der Waals surface area (Å²) in [7, 11) is 1.00. The average molecular weight is 276 g/mol. The van der Waals surface area contributed by atoms with E-state index in [2.05, 4.69) is 11.9 Å². The van der Waals surface area contributed by atoms with Crippen LogP contribution >= 0.6 is 0 Å². The molecule has 0 bridgehead atoms. The summed E-state index contributed by atoms with van der Waals surface area (Å²) in [6, 6.07) is 0.0116. The summed E-state index contributed by atoms with van der Waals surface area (Å²) in [5, 5.41) is 18.4. The molecule has 5 heteroatoms. The van der Waals surface area contributed by atoms with Gasteiger partial charge in [0, 0.05) is 19.7 Å². The Labute approximate surface area is 117 Å². The van der Waals surface area contributed by atoms with Crippen LogP contribution in [0.2, 0.25) is 0 Å². The van der Waals surface area contributed by atoms with Crippen molar-refractivity contribution in [2.45, 2.75) is 52.2 Å². The number of nitrogens with one attached hydrogen (secondary N) is 1. The van der Waals surface area contributed by atoms with Gasteiger partial charge >= 0.3 is 0 Å². The molecule has 1 amide bonds. The lowest BCUT2D eigenvalue weighted by Gasteiger charge is -2.12. The van der Waals surface area contributed by atoms with Crippen LogP contribution in [-0.2, 0) is 4.79 Å². The summed E-state index contributed by atoms with van der Waals surface area (Å²) in [5.41, 5.74) is 5.61. The van der Waals surface area contributed by atoms with Crippen molar-refractivity contribution in [3.05, 3.63) is 12.7 Å². The second kappa shape index (κ2) is 19.4. The summed E-state index contributed by atoms with van der Waals surface area (Å²) in [5.74, 6) is 0.828. The Morgan fingerprint density at radius 1 is 1.42 bits per heavy atom. The van der Waals surface area contributed by atoms with Gasteiger partial charge in [-0.1, -0.05) is 32.8 Å². The number of aliphatic hydroxyl groups is 2. The number of aliphatic hydroxyl groups excluding tert-OH is 2. The van der Waals surface area contributed by atoms with Crippen LogP contribution in [0.1, 0.15) is 40.0 Å². The Morgan fingerprint density at radius 2 is 1.89 bits per heavy atom. The van der Waals surface area contributed by atoms with E-state index >= 15 is 0 Å². The van der Waals surface area contributed by atoms with Crippen LogP contribution in [0, 0.1) is 5.92 Å². The maximum atomic E-state index is 9.40. The normalized spacial score (nSPS) is 14.9. The zero-order valence-electron chi connectivity index (χ0n) is 12.8. The Kier molecular flexibility index (Phi) is 23.7. The van der Waals surface area contributed by atoms with Crippen LogP contribution in [-0.4, -0.2) is 42.4 Å². The first kappa shape index (κ1) is 23.2. The van der Waals surface area contributed by atoms with Gasteiger partial charge in [0.15, 0.2) is 0 Å². The predicted octanol–water partition coefficient (Wildman–Crippen LogP) is 1.05. The third-order valence-electron chi connectivity index (χ3n) is 2.27. The van der Waals surface area contributed by atoms with Gasteiger partial charge in [-0.15, -0.1) is 6.58 Å². The number of rotatable bonds is 6.